The molecule has 3 N–H and O–H groups in total. The summed E-state index contributed by atoms with van der Waals surface area (Å²) in [5, 5.41) is 8.94. The van der Waals surface area contributed by atoms with Crippen LogP contribution >= 0.6 is 0 Å². The average Bonchev–Trinajstić information content (AvgIpc) is 2.71. The summed E-state index contributed by atoms with van der Waals surface area (Å²) in [5.74, 6) is -0.154. The molecule has 0 aromatic carbocycles. The lowest BCUT2D eigenvalue weighted by Crippen LogP contribution is -2.33. The molecule has 0 spiro atoms. The molecule has 1 aliphatic rings. The Labute approximate surface area is 66.6 Å². The van der Waals surface area contributed by atoms with Gasteiger partial charge in [0, 0.05) is 6.61 Å². The van der Waals surface area contributed by atoms with Crippen molar-refractivity contribution in [2.75, 3.05) is 6.61 Å². The van der Waals surface area contributed by atoms with Gasteiger partial charge in [0.15, 0.2) is 0 Å². The molecule has 1 atom stereocenters. The van der Waals surface area contributed by atoms with Gasteiger partial charge in [-0.2, -0.15) is 0 Å². The van der Waals surface area contributed by atoms with Crippen LogP contribution in [0.25, 0.3) is 0 Å². The lowest BCUT2D eigenvalue weighted by atomic mass is 9.87. The summed E-state index contributed by atoms with van der Waals surface area (Å²) in [7, 11) is 0. The molecule has 3 heteroatoms. The highest BCUT2D eigenvalue weighted by Gasteiger charge is 2.53. The summed E-state index contributed by atoms with van der Waals surface area (Å²) in [5.41, 5.74) is 4.89. The fourth-order valence-corrected chi connectivity index (χ4v) is 1.69. The van der Waals surface area contributed by atoms with Crippen LogP contribution in [-0.4, -0.2) is 17.6 Å². The third-order valence-corrected chi connectivity index (χ3v) is 2.77. The predicted octanol–water partition coefficient (Wildman–Crippen LogP) is 0.270. The van der Waals surface area contributed by atoms with Crippen molar-refractivity contribution in [1.29, 1.82) is 0 Å². The van der Waals surface area contributed by atoms with E-state index in [4.69, 9.17) is 10.8 Å². The van der Waals surface area contributed by atoms with Gasteiger partial charge in [-0.3, -0.25) is 4.79 Å². The number of nitrogens with two attached hydrogens (primary N) is 1. The van der Waals surface area contributed by atoms with Gasteiger partial charge in [-0.15, -0.1) is 0 Å². The Morgan fingerprint density at radius 3 is 2.36 bits per heavy atom. The lowest BCUT2D eigenvalue weighted by Gasteiger charge is -2.19. The van der Waals surface area contributed by atoms with Crippen LogP contribution < -0.4 is 5.73 Å². The van der Waals surface area contributed by atoms with Crippen LogP contribution in [0.4, 0.5) is 0 Å². The third-order valence-electron chi connectivity index (χ3n) is 2.77. The van der Waals surface area contributed by atoms with Crippen LogP contribution in [0.1, 0.15) is 26.2 Å². The molecule has 0 aliphatic heterocycles. The Kier molecular flexibility index (Phi) is 2.18. The van der Waals surface area contributed by atoms with E-state index in [1.54, 1.807) is 0 Å². The minimum Gasteiger partial charge on any atom is -0.396 e. The van der Waals surface area contributed by atoms with E-state index in [1.165, 1.54) is 0 Å². The first-order valence-electron chi connectivity index (χ1n) is 4.08. The first-order valence-corrected chi connectivity index (χ1v) is 4.08. The number of primary amides is 1. The number of carbonyl (C=O) groups excluding carboxylic acids is 1. The van der Waals surface area contributed by atoms with Gasteiger partial charge in [0.05, 0.1) is 5.41 Å². The maximum Gasteiger partial charge on any atom is 0.224 e. The Morgan fingerprint density at radius 2 is 2.27 bits per heavy atom. The number of hydrogen-bond donors (Lipinski definition) is 2. The van der Waals surface area contributed by atoms with Gasteiger partial charge >= 0.3 is 0 Å². The van der Waals surface area contributed by atoms with E-state index in [0.29, 0.717) is 0 Å². The van der Waals surface area contributed by atoms with E-state index < -0.39 is 0 Å². The SMILES string of the molecule is CCC(CO)C1(C(N)=O)CC1. The molecule has 1 rings (SSSR count). The zero-order valence-corrected chi connectivity index (χ0v) is 6.84. The fourth-order valence-electron chi connectivity index (χ4n) is 1.69. The van der Waals surface area contributed by atoms with Gasteiger partial charge in [-0.1, -0.05) is 13.3 Å². The number of aliphatic hydroxyl groups excluding tert-OH is 1. The third kappa shape index (κ3) is 1.25. The monoisotopic (exact) mass is 157 g/mol. The van der Waals surface area contributed by atoms with Crippen molar-refractivity contribution < 1.29 is 9.90 Å². The van der Waals surface area contributed by atoms with Crippen LogP contribution in [-0.2, 0) is 4.79 Å². The quantitative estimate of drug-likeness (QED) is 0.615. The van der Waals surface area contributed by atoms with E-state index in [0.717, 1.165) is 19.3 Å². The van der Waals surface area contributed by atoms with Crippen LogP contribution in [0.3, 0.4) is 0 Å². The van der Waals surface area contributed by atoms with E-state index >= 15 is 0 Å². The van der Waals surface area contributed by atoms with Crippen molar-refractivity contribution in [1.82, 2.24) is 0 Å². The molecule has 0 heterocycles. The maximum atomic E-state index is 11.0. The van der Waals surface area contributed by atoms with E-state index in [1.807, 2.05) is 6.92 Å². The van der Waals surface area contributed by atoms with E-state index in [2.05, 4.69) is 0 Å². The van der Waals surface area contributed by atoms with Gasteiger partial charge < -0.3 is 10.8 Å². The number of carbonyl (C=O) groups is 1. The van der Waals surface area contributed by atoms with Gasteiger partial charge in [0.25, 0.3) is 0 Å². The Bertz CT molecular complexity index is 159. The molecule has 1 saturated carbocycles. The maximum absolute atomic E-state index is 11.0. The molecular weight excluding hydrogens is 142 g/mol. The van der Waals surface area contributed by atoms with Gasteiger partial charge in [-0.25, -0.2) is 0 Å². The molecule has 0 radical (unpaired) electrons. The molecule has 11 heavy (non-hydrogen) atoms. The number of hydrogen-bond acceptors (Lipinski definition) is 2. The second-order valence-corrected chi connectivity index (χ2v) is 3.31. The largest absolute Gasteiger partial charge is 0.396 e. The van der Waals surface area contributed by atoms with Crippen molar-refractivity contribution in [3.05, 3.63) is 0 Å². The van der Waals surface area contributed by atoms with E-state index in [9.17, 15) is 4.79 Å². The second kappa shape index (κ2) is 2.81. The number of amides is 1. The van der Waals surface area contributed by atoms with Crippen LogP contribution in [0.15, 0.2) is 0 Å². The summed E-state index contributed by atoms with van der Waals surface area (Å²) in [6.45, 7) is 2.06. The van der Waals surface area contributed by atoms with Crippen LogP contribution in [0, 0.1) is 11.3 Å². The fraction of sp³-hybridized carbons (Fsp3) is 0.875. The molecule has 1 unspecified atom stereocenters. The predicted molar refractivity (Wildman–Crippen MR) is 41.7 cm³/mol. The Morgan fingerprint density at radius 1 is 1.73 bits per heavy atom. The highest BCUT2D eigenvalue weighted by molar-refractivity contribution is 5.83. The van der Waals surface area contributed by atoms with Crippen molar-refractivity contribution in [3.8, 4) is 0 Å². The minimum atomic E-state index is -0.344. The van der Waals surface area contributed by atoms with Crippen LogP contribution in [0.2, 0.25) is 0 Å². The summed E-state index contributed by atoms with van der Waals surface area (Å²) in [4.78, 5) is 11.0. The summed E-state index contributed by atoms with van der Waals surface area (Å²) >= 11 is 0. The van der Waals surface area contributed by atoms with Crippen molar-refractivity contribution in [2.45, 2.75) is 26.2 Å². The molecule has 3 nitrogen and oxygen atoms in total. The molecule has 0 saturated heterocycles. The van der Waals surface area contributed by atoms with Crippen LogP contribution in [0.5, 0.6) is 0 Å². The first kappa shape index (κ1) is 8.53. The molecule has 64 valence electrons. The normalized spacial score (nSPS) is 22.7. The summed E-state index contributed by atoms with van der Waals surface area (Å²) in [6.07, 6.45) is 2.56. The topological polar surface area (TPSA) is 63.3 Å². The lowest BCUT2D eigenvalue weighted by molar-refractivity contribution is -0.125. The smallest absolute Gasteiger partial charge is 0.224 e. The van der Waals surface area contributed by atoms with Gasteiger partial charge in [0.1, 0.15) is 0 Å². The molecule has 0 aromatic heterocycles. The molecule has 0 bridgehead atoms. The summed E-state index contributed by atoms with van der Waals surface area (Å²) in [6, 6.07) is 0. The minimum absolute atomic E-state index is 0.0828. The molecular formula is C8H15NO2. The molecule has 1 fully saturated rings. The Hall–Kier alpha value is -0.570. The van der Waals surface area contributed by atoms with Crippen molar-refractivity contribution in [2.24, 2.45) is 17.1 Å². The second-order valence-electron chi connectivity index (χ2n) is 3.31. The molecule has 1 aliphatic carbocycles. The average molecular weight is 157 g/mol. The summed E-state index contributed by atoms with van der Waals surface area (Å²) < 4.78 is 0. The molecule has 0 aromatic rings. The number of aliphatic hydroxyl groups is 1. The van der Waals surface area contributed by atoms with Crippen molar-refractivity contribution in [3.63, 3.8) is 0 Å². The highest BCUT2D eigenvalue weighted by atomic mass is 16.3. The zero-order valence-electron chi connectivity index (χ0n) is 6.84. The van der Waals surface area contributed by atoms with E-state index in [-0.39, 0.29) is 23.8 Å². The van der Waals surface area contributed by atoms with Crippen molar-refractivity contribution >= 4 is 5.91 Å². The first-order chi connectivity index (χ1) is 5.17. The molecule has 1 amide bonds. The van der Waals surface area contributed by atoms with Gasteiger partial charge in [-0.05, 0) is 18.8 Å². The van der Waals surface area contributed by atoms with Gasteiger partial charge in [0.2, 0.25) is 5.91 Å². The zero-order chi connectivity index (χ0) is 8.48. The Balaban J connectivity index is 2.63. The number of rotatable bonds is 4. The highest BCUT2D eigenvalue weighted by Crippen LogP contribution is 2.52. The standard InChI is InChI=1S/C8H15NO2/c1-2-6(5-10)8(3-4-8)7(9)11/h6,10H,2-5H2,1H3,(H2,9,11).